The summed E-state index contributed by atoms with van der Waals surface area (Å²) in [4.78, 5) is 3.39. The van der Waals surface area contributed by atoms with Gasteiger partial charge in [0.25, 0.3) is 6.39 Å². The summed E-state index contributed by atoms with van der Waals surface area (Å²) in [5.74, 6) is 0. The second kappa shape index (κ2) is 0.839. The molecular formula is C2H2NO2+. The van der Waals surface area contributed by atoms with Gasteiger partial charge in [0.1, 0.15) is 0 Å². The Morgan fingerprint density at radius 2 is 2.80 bits per heavy atom. The molecule has 0 aromatic carbocycles. The van der Waals surface area contributed by atoms with Crippen molar-refractivity contribution in [2.75, 3.05) is 0 Å². The lowest BCUT2D eigenvalue weighted by molar-refractivity contribution is 0.0612. The van der Waals surface area contributed by atoms with Crippen LogP contribution in [0.15, 0.2) is 21.9 Å². The Morgan fingerprint density at radius 3 is 3.00 bits per heavy atom. The third-order valence-corrected chi connectivity index (χ3v) is 0.263. The summed E-state index contributed by atoms with van der Waals surface area (Å²) in [5.41, 5.74) is 0. The summed E-state index contributed by atoms with van der Waals surface area (Å²) in [6, 6.07) is 0. The summed E-state index contributed by atoms with van der Waals surface area (Å²) >= 11 is 0. The highest BCUT2D eigenvalue weighted by Gasteiger charge is 1.79. The van der Waals surface area contributed by atoms with Gasteiger partial charge >= 0.3 is 6.39 Å². The van der Waals surface area contributed by atoms with Gasteiger partial charge in [0.05, 0.1) is 4.58 Å². The molecule has 0 fully saturated rings. The number of rotatable bonds is 0. The van der Waals surface area contributed by atoms with Crippen molar-refractivity contribution < 1.29 is 9.15 Å². The van der Waals surface area contributed by atoms with Crippen LogP contribution in [0, 0.1) is 0 Å². The smallest absolute Gasteiger partial charge is 0.120 e. The van der Waals surface area contributed by atoms with E-state index in [2.05, 4.69) is 14.1 Å². The van der Waals surface area contributed by atoms with Gasteiger partial charge in [-0.15, -0.1) is 4.98 Å². The molecule has 0 aliphatic heterocycles. The molecule has 1 rings (SSSR count). The Bertz CT molecular complexity index is 64.1. The summed E-state index contributed by atoms with van der Waals surface area (Å²) < 4.78 is 8.19. The van der Waals surface area contributed by atoms with Crippen LogP contribution in [0.25, 0.3) is 0 Å². The Balaban J connectivity index is 3.13. The van der Waals surface area contributed by atoms with Crippen molar-refractivity contribution in [3.63, 3.8) is 0 Å². The maximum atomic E-state index is 4.10. The van der Waals surface area contributed by atoms with Crippen LogP contribution in [0.5, 0.6) is 0 Å². The molecule has 0 saturated heterocycles. The predicted octanol–water partition coefficient (Wildman–Crippen LogP) is 0.549. The van der Waals surface area contributed by atoms with Gasteiger partial charge in [-0.05, 0) is 0 Å². The van der Waals surface area contributed by atoms with Crippen LogP contribution in [0.3, 0.4) is 0 Å². The molecular weight excluding hydrogens is 70.0 g/mol. The number of nitrogens with zero attached hydrogens (tertiary/aromatic N) is 1. The fraction of sp³-hybridized carbons (Fsp3) is 0. The summed E-state index contributed by atoms with van der Waals surface area (Å²) in [6.07, 6.45) is 2.42. The maximum Gasteiger partial charge on any atom is 0.499 e. The molecule has 0 atom stereocenters. The fourth-order valence-electron chi connectivity index (χ4n) is 0.124. The Labute approximate surface area is 28.2 Å². The molecule has 3 heteroatoms. The second-order valence-electron chi connectivity index (χ2n) is 0.552. The molecule has 3 nitrogen and oxygen atoms in total. The molecule has 0 bridgehead atoms. The number of hydrogen-bond donors (Lipinski definition) is 0. The molecule has 0 radical (unpaired) electrons. The minimum atomic E-state index is 1.21. The first-order valence-corrected chi connectivity index (χ1v) is 1.15. The van der Waals surface area contributed by atoms with E-state index < -0.39 is 0 Å². The maximum absolute atomic E-state index is 4.10. The van der Waals surface area contributed by atoms with E-state index in [1.165, 1.54) is 12.8 Å². The van der Waals surface area contributed by atoms with E-state index in [-0.39, 0.29) is 0 Å². The first kappa shape index (κ1) is 2.38. The summed E-state index contributed by atoms with van der Waals surface area (Å²) in [6.45, 7) is 0. The molecule has 0 aliphatic rings. The molecule has 1 heterocycles. The highest BCUT2D eigenvalue weighted by molar-refractivity contribution is 4.28. The van der Waals surface area contributed by atoms with Crippen molar-refractivity contribution >= 4 is 0 Å². The molecule has 0 aliphatic carbocycles. The summed E-state index contributed by atoms with van der Waals surface area (Å²) in [7, 11) is 0. The van der Waals surface area contributed by atoms with Crippen molar-refractivity contribution in [3.05, 3.63) is 12.8 Å². The van der Waals surface area contributed by atoms with Crippen LogP contribution in [-0.4, -0.2) is 4.98 Å². The lowest BCUT2D eigenvalue weighted by Gasteiger charge is -1.27. The highest BCUT2D eigenvalue weighted by Crippen LogP contribution is 1.71. The average Bonchev–Trinajstić information content (AvgIpc) is 1.76. The molecule has 0 unspecified atom stereocenters. The van der Waals surface area contributed by atoms with Crippen molar-refractivity contribution in [2.24, 2.45) is 0 Å². The monoisotopic (exact) mass is 72.0 g/mol. The van der Waals surface area contributed by atoms with E-state index >= 15 is 0 Å². The van der Waals surface area contributed by atoms with Crippen LogP contribution >= 0.6 is 0 Å². The standard InChI is InChI=1S/C2H2NO2/c1-3-2-5-4-1/h1-2H/q+1. The molecule has 0 amide bonds. The van der Waals surface area contributed by atoms with Crippen molar-refractivity contribution in [3.8, 4) is 0 Å². The molecule has 0 N–H and O–H groups in total. The second-order valence-corrected chi connectivity index (χ2v) is 0.552. The minimum Gasteiger partial charge on any atom is -0.120 e. The van der Waals surface area contributed by atoms with E-state index in [4.69, 9.17) is 0 Å². The third kappa shape index (κ3) is 0.238. The summed E-state index contributed by atoms with van der Waals surface area (Å²) in [5, 5.41) is 0. The van der Waals surface area contributed by atoms with Gasteiger partial charge in [0.15, 0.2) is 0 Å². The van der Waals surface area contributed by atoms with Crippen molar-refractivity contribution in [2.45, 2.75) is 0 Å². The number of hydrogen-bond acceptors (Lipinski definition) is 2. The third-order valence-electron chi connectivity index (χ3n) is 0.263. The van der Waals surface area contributed by atoms with E-state index in [0.717, 1.165) is 0 Å². The molecule has 26 valence electrons. The quantitative estimate of drug-likeness (QED) is 0.331. The highest BCUT2D eigenvalue weighted by atomic mass is 17.0. The molecule has 1 aromatic heterocycles. The van der Waals surface area contributed by atoms with Crippen molar-refractivity contribution in [1.29, 1.82) is 0 Å². The van der Waals surface area contributed by atoms with Crippen LogP contribution in [0.1, 0.15) is 0 Å². The van der Waals surface area contributed by atoms with Gasteiger partial charge < -0.3 is 0 Å². The van der Waals surface area contributed by atoms with Gasteiger partial charge in [0, 0.05) is 0 Å². The minimum absolute atomic E-state index is 1.21. The Morgan fingerprint density at radius 1 is 1.80 bits per heavy atom. The van der Waals surface area contributed by atoms with Gasteiger partial charge in [-0.3, -0.25) is 0 Å². The first-order chi connectivity index (χ1) is 2.50. The number of aromatic nitrogens is 1. The van der Waals surface area contributed by atoms with Gasteiger partial charge in [-0.25, -0.2) is 0 Å². The zero-order chi connectivity index (χ0) is 3.54. The first-order valence-electron chi connectivity index (χ1n) is 1.15. The topological polar surface area (TPSA) is 37.3 Å². The largest absolute Gasteiger partial charge is 0.499 e. The van der Waals surface area contributed by atoms with Crippen molar-refractivity contribution in [1.82, 2.24) is 4.98 Å². The van der Waals surface area contributed by atoms with Crippen LogP contribution in [0.2, 0.25) is 0 Å². The SMILES string of the molecule is c1nc[o+]o1. The zero-order valence-electron chi connectivity index (χ0n) is 2.42. The van der Waals surface area contributed by atoms with Gasteiger partial charge in [-0.2, -0.15) is 0 Å². The lowest BCUT2D eigenvalue weighted by atomic mass is 11.4. The van der Waals surface area contributed by atoms with Crippen LogP contribution in [-0.2, 0) is 0 Å². The predicted molar refractivity (Wildman–Crippen MR) is 13.2 cm³/mol. The van der Waals surface area contributed by atoms with Crippen LogP contribution in [0.4, 0.5) is 0 Å². The van der Waals surface area contributed by atoms with Gasteiger partial charge in [-0.1, -0.05) is 4.58 Å². The van der Waals surface area contributed by atoms with E-state index in [9.17, 15) is 0 Å². The zero-order valence-corrected chi connectivity index (χ0v) is 2.42. The van der Waals surface area contributed by atoms with E-state index in [0.29, 0.717) is 0 Å². The van der Waals surface area contributed by atoms with Crippen LogP contribution < -0.4 is 0 Å². The normalized spacial score (nSPS) is 8.00. The Kier molecular flexibility index (Phi) is 0.400. The molecule has 0 spiro atoms. The van der Waals surface area contributed by atoms with Gasteiger partial charge in [0.2, 0.25) is 0 Å². The molecule has 1 aromatic rings. The Hall–Kier alpha value is -0.860. The van der Waals surface area contributed by atoms with E-state index in [1.807, 2.05) is 0 Å². The molecule has 0 saturated carbocycles. The van der Waals surface area contributed by atoms with E-state index in [1.54, 1.807) is 0 Å². The lowest BCUT2D eigenvalue weighted by Crippen LogP contribution is -1.38. The average molecular weight is 72.0 g/mol. The fourth-order valence-corrected chi connectivity index (χ4v) is 0.124. The molecule has 5 heavy (non-hydrogen) atoms.